The van der Waals surface area contributed by atoms with Crippen LogP contribution in [0.4, 0.5) is 0 Å². The Labute approximate surface area is 257 Å². The van der Waals surface area contributed by atoms with Crippen LogP contribution in [0.25, 0.3) is 71.6 Å². The minimum Gasteiger partial charge on any atom is -0.309 e. The van der Waals surface area contributed by atoms with E-state index in [1.807, 2.05) is 35.0 Å². The summed E-state index contributed by atoms with van der Waals surface area (Å²) >= 11 is 0. The van der Waals surface area contributed by atoms with Crippen molar-refractivity contribution in [1.29, 1.82) is 10.5 Å². The number of para-hydroxylation sites is 3. The Morgan fingerprint density at radius 3 is 1.84 bits per heavy atom. The molecule has 6 aromatic carbocycles. The predicted molar refractivity (Wildman–Crippen MR) is 179 cm³/mol. The highest BCUT2D eigenvalue weighted by Crippen LogP contribution is 2.38. The Hall–Kier alpha value is -6.63. The van der Waals surface area contributed by atoms with Crippen LogP contribution in [0, 0.1) is 22.7 Å². The zero-order valence-electron chi connectivity index (χ0n) is 23.9. The van der Waals surface area contributed by atoms with Gasteiger partial charge in [-0.2, -0.15) is 15.6 Å². The number of aromatic nitrogens is 4. The lowest BCUT2D eigenvalue weighted by Gasteiger charge is -2.09. The molecule has 0 aliphatic carbocycles. The zero-order valence-corrected chi connectivity index (χ0v) is 23.9. The van der Waals surface area contributed by atoms with Gasteiger partial charge in [0.1, 0.15) is 0 Å². The van der Waals surface area contributed by atoms with Crippen LogP contribution >= 0.6 is 0 Å². The highest BCUT2D eigenvalue weighted by molar-refractivity contribution is 6.18. The maximum absolute atomic E-state index is 9.73. The van der Waals surface area contributed by atoms with Crippen LogP contribution in [-0.2, 0) is 0 Å². The van der Waals surface area contributed by atoms with Crippen molar-refractivity contribution in [2.45, 2.75) is 0 Å². The summed E-state index contributed by atoms with van der Waals surface area (Å²) in [6, 6.07) is 47.6. The third kappa shape index (κ3) is 3.64. The summed E-state index contributed by atoms with van der Waals surface area (Å²) in [4.78, 5) is 0. The first kappa shape index (κ1) is 24.9. The van der Waals surface area contributed by atoms with Crippen LogP contribution < -0.4 is 0 Å². The normalized spacial score (nSPS) is 11.5. The number of rotatable bonds is 3. The van der Waals surface area contributed by atoms with E-state index in [1.54, 1.807) is 6.07 Å². The minimum atomic E-state index is 0.445. The molecule has 0 radical (unpaired) electrons. The maximum atomic E-state index is 9.73. The number of fused-ring (bicyclic) bond motifs is 8. The second kappa shape index (κ2) is 9.44. The van der Waals surface area contributed by atoms with E-state index >= 15 is 0 Å². The van der Waals surface area contributed by atoms with Gasteiger partial charge in [0.15, 0.2) is 0 Å². The van der Waals surface area contributed by atoms with Gasteiger partial charge in [-0.15, -0.1) is 0 Å². The van der Waals surface area contributed by atoms with Crippen LogP contribution in [0.3, 0.4) is 0 Å². The third-order valence-electron chi connectivity index (χ3n) is 8.69. The van der Waals surface area contributed by atoms with Crippen LogP contribution in [0.5, 0.6) is 0 Å². The van der Waals surface area contributed by atoms with E-state index in [1.165, 1.54) is 5.39 Å². The Morgan fingerprint density at radius 1 is 0.467 bits per heavy atom. The van der Waals surface area contributed by atoms with E-state index in [4.69, 9.17) is 5.10 Å². The summed E-state index contributed by atoms with van der Waals surface area (Å²) < 4.78 is 6.41. The largest absolute Gasteiger partial charge is 0.309 e. The smallest absolute Gasteiger partial charge is 0.0992 e. The molecule has 0 atom stereocenters. The first-order valence-corrected chi connectivity index (χ1v) is 14.7. The van der Waals surface area contributed by atoms with E-state index < -0.39 is 0 Å². The third-order valence-corrected chi connectivity index (χ3v) is 8.69. The Balaban J connectivity index is 1.31. The highest BCUT2D eigenvalue weighted by atomic mass is 15.3. The molecule has 45 heavy (non-hydrogen) atoms. The van der Waals surface area contributed by atoms with Crippen molar-refractivity contribution in [3.8, 4) is 29.2 Å². The van der Waals surface area contributed by atoms with Crippen LogP contribution in [-0.4, -0.2) is 18.9 Å². The SMILES string of the molecule is N#Cc1cc(C#N)cc(-n2c3ccccc3c3ccc4nn(-c5ccc6c(c5)c5ccccc5n6-c5ccccc5)cc4c32)c1. The van der Waals surface area contributed by atoms with E-state index in [9.17, 15) is 10.5 Å². The molecule has 0 aliphatic heterocycles. The molecule has 6 heteroatoms. The van der Waals surface area contributed by atoms with E-state index in [0.717, 1.165) is 66.2 Å². The molecule has 9 aromatic rings. The molecule has 3 heterocycles. The quantitative estimate of drug-likeness (QED) is 0.211. The fourth-order valence-corrected chi connectivity index (χ4v) is 6.78. The highest BCUT2D eigenvalue weighted by Gasteiger charge is 2.19. The lowest BCUT2D eigenvalue weighted by atomic mass is 10.1. The molecule has 0 aliphatic rings. The molecule has 0 bridgehead atoms. The number of nitrogens with zero attached hydrogens (tertiary/aromatic N) is 6. The van der Waals surface area contributed by atoms with Gasteiger partial charge in [0.2, 0.25) is 0 Å². The predicted octanol–water partition coefficient (Wildman–Crippen LogP) is 8.96. The topological polar surface area (TPSA) is 75.3 Å². The summed E-state index contributed by atoms with van der Waals surface area (Å²) in [6.45, 7) is 0. The zero-order chi connectivity index (χ0) is 30.1. The first-order chi connectivity index (χ1) is 22.2. The molecule has 0 fully saturated rings. The molecule has 0 N–H and O–H groups in total. The van der Waals surface area contributed by atoms with Gasteiger partial charge in [0.05, 0.1) is 56.5 Å². The van der Waals surface area contributed by atoms with E-state index in [-0.39, 0.29) is 0 Å². The van der Waals surface area contributed by atoms with E-state index in [0.29, 0.717) is 11.1 Å². The van der Waals surface area contributed by atoms with Gasteiger partial charge in [0, 0.05) is 44.5 Å². The molecule has 6 nitrogen and oxygen atoms in total. The van der Waals surface area contributed by atoms with Gasteiger partial charge in [0.25, 0.3) is 0 Å². The van der Waals surface area contributed by atoms with Crippen molar-refractivity contribution in [3.63, 3.8) is 0 Å². The minimum absolute atomic E-state index is 0.445. The average molecular weight is 575 g/mol. The van der Waals surface area contributed by atoms with Crippen molar-refractivity contribution in [1.82, 2.24) is 18.9 Å². The van der Waals surface area contributed by atoms with Gasteiger partial charge in [-0.25, -0.2) is 4.68 Å². The molecule has 0 unspecified atom stereocenters. The van der Waals surface area contributed by atoms with Gasteiger partial charge < -0.3 is 9.13 Å². The summed E-state index contributed by atoms with van der Waals surface area (Å²) in [6.07, 6.45) is 2.09. The Kier molecular flexibility index (Phi) is 5.23. The second-order valence-electron chi connectivity index (χ2n) is 11.2. The monoisotopic (exact) mass is 574 g/mol. The van der Waals surface area contributed by atoms with Gasteiger partial charge in [-0.05, 0) is 72.8 Å². The van der Waals surface area contributed by atoms with Crippen molar-refractivity contribution in [2.24, 2.45) is 0 Å². The summed E-state index contributed by atoms with van der Waals surface area (Å²) in [5.74, 6) is 0. The first-order valence-electron chi connectivity index (χ1n) is 14.7. The lowest BCUT2D eigenvalue weighted by molar-refractivity contribution is 0.898. The fraction of sp³-hybridized carbons (Fsp3) is 0. The fourth-order valence-electron chi connectivity index (χ4n) is 6.78. The van der Waals surface area contributed by atoms with Crippen LogP contribution in [0.1, 0.15) is 11.1 Å². The lowest BCUT2D eigenvalue weighted by Crippen LogP contribution is -1.96. The second-order valence-corrected chi connectivity index (χ2v) is 11.2. The summed E-state index contributed by atoms with van der Waals surface area (Å²) in [5.41, 5.74) is 8.88. The maximum Gasteiger partial charge on any atom is 0.0992 e. The van der Waals surface area contributed by atoms with Crippen LogP contribution in [0.15, 0.2) is 134 Å². The molecule has 0 saturated heterocycles. The molecule has 9 rings (SSSR count). The molecular weight excluding hydrogens is 552 g/mol. The molecule has 0 spiro atoms. The number of benzene rings is 6. The Morgan fingerprint density at radius 2 is 1.11 bits per heavy atom. The number of nitriles is 2. The van der Waals surface area contributed by atoms with Crippen molar-refractivity contribution in [3.05, 3.63) is 145 Å². The van der Waals surface area contributed by atoms with Crippen LogP contribution in [0.2, 0.25) is 0 Å². The molecule has 3 aromatic heterocycles. The number of hydrogen-bond acceptors (Lipinski definition) is 3. The van der Waals surface area contributed by atoms with Crippen molar-refractivity contribution >= 4 is 54.5 Å². The standard InChI is InChI=1S/C39H22N6/c40-22-25-18-26(23-41)20-29(19-25)45-37-13-7-4-10-30(37)32-15-16-35-34(39(32)45)24-43(42-35)28-14-17-38-33(21-28)31-11-5-6-12-36(31)44(38)27-8-2-1-3-9-27/h1-21,24H. The molecule has 208 valence electrons. The van der Waals surface area contributed by atoms with Gasteiger partial charge in [-0.1, -0.05) is 54.6 Å². The molecule has 0 saturated carbocycles. The van der Waals surface area contributed by atoms with E-state index in [2.05, 4.69) is 118 Å². The summed E-state index contributed by atoms with van der Waals surface area (Å²) in [7, 11) is 0. The Bertz CT molecular complexity index is 2700. The van der Waals surface area contributed by atoms with Gasteiger partial charge >= 0.3 is 0 Å². The number of hydrogen-bond donors (Lipinski definition) is 0. The molecular formula is C39H22N6. The average Bonchev–Trinajstić information content (AvgIpc) is 3.78. The molecule has 0 amide bonds. The van der Waals surface area contributed by atoms with Crippen molar-refractivity contribution in [2.75, 3.05) is 0 Å². The summed E-state index contributed by atoms with van der Waals surface area (Å²) in [5, 5.41) is 30.0. The van der Waals surface area contributed by atoms with Gasteiger partial charge in [-0.3, -0.25) is 0 Å². The van der Waals surface area contributed by atoms with Crippen molar-refractivity contribution < 1.29 is 0 Å².